The third kappa shape index (κ3) is 13.3. The first kappa shape index (κ1) is 49.9. The zero-order chi connectivity index (χ0) is 49.9. The van der Waals surface area contributed by atoms with Gasteiger partial charge in [0.05, 0.1) is 11.4 Å². The number of aryl methyl sites for hydroxylation is 6. The van der Waals surface area contributed by atoms with Crippen LogP contribution in [0.25, 0.3) is 0 Å². The van der Waals surface area contributed by atoms with Crippen molar-refractivity contribution in [2.75, 3.05) is 72.2 Å². The number of rotatable bonds is 22. The normalized spacial score (nSPS) is 11.0. The molecule has 6 rings (SSSR count). The van der Waals surface area contributed by atoms with E-state index in [0.717, 1.165) is 13.0 Å². The van der Waals surface area contributed by atoms with E-state index in [-0.39, 0.29) is 77.9 Å². The molecule has 0 saturated heterocycles. The molecule has 0 fully saturated rings. The van der Waals surface area contributed by atoms with Crippen molar-refractivity contribution in [1.29, 1.82) is 0 Å². The van der Waals surface area contributed by atoms with Crippen LogP contribution in [0.15, 0.2) is 61.4 Å². The molecular formula is C44H58N18O7. The fraction of sp³-hybridized carbons (Fsp3) is 0.364. The molecule has 25 nitrogen and oxygen atoms in total. The van der Waals surface area contributed by atoms with E-state index in [9.17, 15) is 33.6 Å². The minimum atomic E-state index is -0.657. The van der Waals surface area contributed by atoms with Gasteiger partial charge in [-0.25, -0.2) is 15.0 Å². The highest BCUT2D eigenvalue weighted by molar-refractivity contribution is 6.07. The highest BCUT2D eigenvalue weighted by Gasteiger charge is 2.22. The van der Waals surface area contributed by atoms with Crippen molar-refractivity contribution in [3.8, 4) is 0 Å². The summed E-state index contributed by atoms with van der Waals surface area (Å²) in [5.74, 6) is -2.06. The molecule has 25 heteroatoms. The quantitative estimate of drug-likeness (QED) is 0.0454. The summed E-state index contributed by atoms with van der Waals surface area (Å²) in [6.45, 7) is 1.92. The van der Waals surface area contributed by atoms with Gasteiger partial charge in [0, 0.05) is 118 Å². The Morgan fingerprint density at radius 1 is 0.507 bits per heavy atom. The summed E-state index contributed by atoms with van der Waals surface area (Å²) in [6.07, 6.45) is 11.1. The molecule has 0 aliphatic heterocycles. The first-order valence-corrected chi connectivity index (χ1v) is 21.9. The van der Waals surface area contributed by atoms with Crippen molar-refractivity contribution in [2.45, 2.75) is 25.7 Å². The van der Waals surface area contributed by atoms with E-state index >= 15 is 0 Å². The van der Waals surface area contributed by atoms with Gasteiger partial charge in [-0.15, -0.1) is 0 Å². The largest absolute Gasteiger partial charge is 0.371 e. The standard InChI is InChI=1S/C44H58N18O7/c1-56(2)18-11-16-46-35(63)14-17-47-42(67)37-52-32(25-60(37)6)54-44(69)39-53-33(26-62(39)8)55-43(68)38-51-31(24-61(38)7)50-36(64)13-9-15-45-34-21-28(23-59(34)5)49-41(66)30-20-27(22-58(30)4)48-40(65)29-12-10-19-57(29)3/h10,12,19-26,45H,9,11,13-18H2,1-8H3,(H,46,63)(H,47,67)(H,48,65)(H,49,66)(H,50,64)(H,54,69)(H,55,68). The second kappa shape index (κ2) is 22.3. The van der Waals surface area contributed by atoms with E-state index < -0.39 is 17.7 Å². The zero-order valence-corrected chi connectivity index (χ0v) is 39.8. The molecule has 0 atom stereocenters. The number of imidazole rings is 3. The lowest BCUT2D eigenvalue weighted by Crippen LogP contribution is -2.32. The van der Waals surface area contributed by atoms with E-state index in [0.29, 0.717) is 48.1 Å². The summed E-state index contributed by atoms with van der Waals surface area (Å²) in [5.41, 5.74) is 1.85. The monoisotopic (exact) mass is 950 g/mol. The molecule has 0 unspecified atom stereocenters. The average molecular weight is 951 g/mol. The predicted octanol–water partition coefficient (Wildman–Crippen LogP) is 1.93. The van der Waals surface area contributed by atoms with Gasteiger partial charge in [-0.3, -0.25) is 33.6 Å². The maximum atomic E-state index is 13.2. The zero-order valence-electron chi connectivity index (χ0n) is 39.8. The topological polar surface area (TPSA) is 287 Å². The van der Waals surface area contributed by atoms with Crippen molar-refractivity contribution >= 4 is 76.0 Å². The maximum Gasteiger partial charge on any atom is 0.292 e. The Morgan fingerprint density at radius 3 is 1.64 bits per heavy atom. The molecule has 69 heavy (non-hydrogen) atoms. The highest BCUT2D eigenvalue weighted by atomic mass is 16.2. The molecule has 8 N–H and O–H groups in total. The number of amides is 7. The fourth-order valence-corrected chi connectivity index (χ4v) is 7.06. The molecule has 0 bridgehead atoms. The van der Waals surface area contributed by atoms with Crippen molar-refractivity contribution in [3.05, 3.63) is 90.3 Å². The summed E-state index contributed by atoms with van der Waals surface area (Å²) < 4.78 is 9.41. The van der Waals surface area contributed by atoms with Gasteiger partial charge in [0.15, 0.2) is 17.5 Å². The lowest BCUT2D eigenvalue weighted by atomic mass is 10.3. The molecule has 0 aliphatic carbocycles. The van der Waals surface area contributed by atoms with Crippen LogP contribution in [0.1, 0.15) is 78.5 Å². The summed E-state index contributed by atoms with van der Waals surface area (Å²) in [5, 5.41) is 22.4. The van der Waals surface area contributed by atoms with Crippen LogP contribution in [0.4, 0.5) is 34.6 Å². The number of carbonyl (C=O) groups excluding carboxylic acids is 7. The average Bonchev–Trinajstić information content (AvgIpc) is 4.15. The molecule has 0 saturated carbocycles. The third-order valence-electron chi connectivity index (χ3n) is 10.6. The summed E-state index contributed by atoms with van der Waals surface area (Å²) in [6, 6.07) is 6.84. The van der Waals surface area contributed by atoms with Gasteiger partial charge in [0.25, 0.3) is 29.5 Å². The molecule has 6 aromatic heterocycles. The number of anilines is 6. The maximum absolute atomic E-state index is 13.2. The molecule has 0 aliphatic rings. The fourth-order valence-electron chi connectivity index (χ4n) is 7.06. The van der Waals surface area contributed by atoms with Gasteiger partial charge < -0.3 is 74.8 Å². The van der Waals surface area contributed by atoms with Crippen molar-refractivity contribution in [3.63, 3.8) is 0 Å². The number of hydrogen-bond donors (Lipinski definition) is 8. The van der Waals surface area contributed by atoms with Crippen LogP contribution in [0.2, 0.25) is 0 Å². The molecule has 6 aromatic rings. The number of carbonyl (C=O) groups is 7. The van der Waals surface area contributed by atoms with Crippen molar-refractivity contribution in [1.82, 2.24) is 57.9 Å². The predicted molar refractivity (Wildman–Crippen MR) is 257 cm³/mol. The molecule has 7 amide bonds. The minimum absolute atomic E-state index is 0.0172. The summed E-state index contributed by atoms with van der Waals surface area (Å²) >= 11 is 0. The SMILES string of the molecule is CN(C)CCCNC(=O)CCNC(=O)c1nc(NC(=O)c2nc(NC(=O)c3nc(NC(=O)CCCNc4cc(NC(=O)c5cc(NC(=O)c6cccn6C)cn5C)cn4C)cn3C)cn2C)cn1C. The Morgan fingerprint density at radius 2 is 1.06 bits per heavy atom. The van der Waals surface area contributed by atoms with Gasteiger partial charge in [-0.1, -0.05) is 0 Å². The number of nitrogens with one attached hydrogen (secondary N) is 8. The van der Waals surface area contributed by atoms with Gasteiger partial charge in [-0.2, -0.15) is 0 Å². The Kier molecular flexibility index (Phi) is 16.2. The van der Waals surface area contributed by atoms with E-state index in [4.69, 9.17) is 0 Å². The van der Waals surface area contributed by atoms with E-state index in [2.05, 4.69) is 57.5 Å². The molecular weight excluding hydrogens is 893 g/mol. The van der Waals surface area contributed by atoms with Crippen molar-refractivity contribution < 1.29 is 33.6 Å². The van der Waals surface area contributed by atoms with Crippen LogP contribution in [-0.4, -0.2) is 129 Å². The Hall–Kier alpha value is -8.48. The summed E-state index contributed by atoms with van der Waals surface area (Å²) in [4.78, 5) is 105. The van der Waals surface area contributed by atoms with Crippen LogP contribution in [0, 0.1) is 0 Å². The van der Waals surface area contributed by atoms with Crippen LogP contribution >= 0.6 is 0 Å². The van der Waals surface area contributed by atoms with Gasteiger partial charge in [0.1, 0.15) is 17.2 Å². The Balaban J connectivity index is 0.918. The lowest BCUT2D eigenvalue weighted by Gasteiger charge is -2.10. The third-order valence-corrected chi connectivity index (χ3v) is 10.6. The number of hydrogen-bond acceptors (Lipinski definition) is 12. The van der Waals surface area contributed by atoms with Crippen molar-refractivity contribution in [2.24, 2.45) is 42.3 Å². The number of aromatic nitrogens is 9. The number of nitrogens with zero attached hydrogens (tertiary/aromatic N) is 10. The lowest BCUT2D eigenvalue weighted by molar-refractivity contribution is -0.121. The van der Waals surface area contributed by atoms with Gasteiger partial charge >= 0.3 is 0 Å². The van der Waals surface area contributed by atoms with E-state index in [1.165, 1.54) is 32.3 Å². The summed E-state index contributed by atoms with van der Waals surface area (Å²) in [7, 11) is 14.0. The molecule has 366 valence electrons. The molecule has 0 radical (unpaired) electrons. The van der Waals surface area contributed by atoms with E-state index in [1.807, 2.05) is 26.0 Å². The minimum Gasteiger partial charge on any atom is -0.371 e. The van der Waals surface area contributed by atoms with Crippen LogP contribution in [0.3, 0.4) is 0 Å². The molecule has 0 spiro atoms. The first-order valence-electron chi connectivity index (χ1n) is 21.9. The van der Waals surface area contributed by atoms with Crippen LogP contribution in [-0.2, 0) is 51.9 Å². The van der Waals surface area contributed by atoms with E-state index in [1.54, 1.807) is 91.8 Å². The Bertz CT molecular complexity index is 2850. The first-order chi connectivity index (χ1) is 32.8. The van der Waals surface area contributed by atoms with Crippen LogP contribution in [0.5, 0.6) is 0 Å². The smallest absolute Gasteiger partial charge is 0.292 e. The second-order valence-electron chi connectivity index (χ2n) is 16.5. The van der Waals surface area contributed by atoms with Gasteiger partial charge in [-0.05, 0) is 51.7 Å². The molecule has 0 aromatic carbocycles. The Labute approximate surface area is 397 Å². The molecule has 6 heterocycles. The van der Waals surface area contributed by atoms with Gasteiger partial charge in [0.2, 0.25) is 29.3 Å². The second-order valence-corrected chi connectivity index (χ2v) is 16.5. The van der Waals surface area contributed by atoms with Crippen LogP contribution < -0.4 is 42.5 Å². The highest BCUT2D eigenvalue weighted by Crippen LogP contribution is 2.21.